The van der Waals surface area contributed by atoms with E-state index >= 15 is 0 Å². The normalized spacial score (nSPS) is 13.0. The van der Waals surface area contributed by atoms with Crippen LogP contribution in [0.25, 0.3) is 0 Å². The number of hydrogen-bond donors (Lipinski definition) is 2. The van der Waals surface area contributed by atoms with Gasteiger partial charge in [-0.15, -0.1) is 0 Å². The summed E-state index contributed by atoms with van der Waals surface area (Å²) < 4.78 is 25.6. The average Bonchev–Trinajstić information content (AvgIpc) is 2.28. The van der Waals surface area contributed by atoms with Gasteiger partial charge in [-0.2, -0.15) is 0 Å². The van der Waals surface area contributed by atoms with E-state index in [0.717, 1.165) is 0 Å². The molecule has 1 unspecified atom stereocenters. The SMILES string of the molecule is CC(C=O)NS(=O)(=O)c1ccccc1C(=O)O. The maximum Gasteiger partial charge on any atom is 0.337 e. The zero-order valence-electron chi connectivity index (χ0n) is 8.95. The van der Waals surface area contributed by atoms with Crippen LogP contribution in [0.4, 0.5) is 0 Å². The fourth-order valence-electron chi connectivity index (χ4n) is 1.21. The monoisotopic (exact) mass is 257 g/mol. The number of carboxylic acid groups (broad SMARTS) is 1. The topological polar surface area (TPSA) is 101 Å². The van der Waals surface area contributed by atoms with Gasteiger partial charge in [0.15, 0.2) is 0 Å². The minimum absolute atomic E-state index is 0.335. The van der Waals surface area contributed by atoms with Crippen molar-refractivity contribution in [1.82, 2.24) is 4.72 Å². The number of benzene rings is 1. The van der Waals surface area contributed by atoms with Crippen LogP contribution in [0.5, 0.6) is 0 Å². The van der Waals surface area contributed by atoms with E-state index in [1.807, 2.05) is 0 Å². The van der Waals surface area contributed by atoms with Gasteiger partial charge in [-0.3, -0.25) is 0 Å². The quantitative estimate of drug-likeness (QED) is 0.736. The number of carboxylic acids is 1. The second-order valence-electron chi connectivity index (χ2n) is 3.35. The Bertz CT molecular complexity index is 537. The molecule has 1 rings (SSSR count). The van der Waals surface area contributed by atoms with Gasteiger partial charge in [-0.1, -0.05) is 12.1 Å². The first-order valence-corrected chi connectivity index (χ1v) is 6.16. The van der Waals surface area contributed by atoms with E-state index in [-0.39, 0.29) is 10.5 Å². The van der Waals surface area contributed by atoms with Gasteiger partial charge in [0.1, 0.15) is 6.29 Å². The third-order valence-corrected chi connectivity index (χ3v) is 3.57. The van der Waals surface area contributed by atoms with Crippen LogP contribution in [0.1, 0.15) is 17.3 Å². The van der Waals surface area contributed by atoms with Crippen LogP contribution >= 0.6 is 0 Å². The van der Waals surface area contributed by atoms with Crippen molar-refractivity contribution in [2.75, 3.05) is 0 Å². The number of aldehydes is 1. The van der Waals surface area contributed by atoms with E-state index in [9.17, 15) is 18.0 Å². The van der Waals surface area contributed by atoms with Crippen LogP contribution in [-0.2, 0) is 14.8 Å². The summed E-state index contributed by atoms with van der Waals surface area (Å²) in [5.41, 5.74) is -0.335. The first-order valence-electron chi connectivity index (χ1n) is 4.68. The minimum Gasteiger partial charge on any atom is -0.478 e. The van der Waals surface area contributed by atoms with Gasteiger partial charge >= 0.3 is 5.97 Å². The van der Waals surface area contributed by atoms with Gasteiger partial charge in [-0.25, -0.2) is 17.9 Å². The Morgan fingerprint density at radius 3 is 2.53 bits per heavy atom. The molecule has 1 aromatic carbocycles. The van der Waals surface area contributed by atoms with E-state index in [2.05, 4.69) is 4.72 Å². The smallest absolute Gasteiger partial charge is 0.337 e. The molecule has 1 aromatic rings. The van der Waals surface area contributed by atoms with E-state index < -0.39 is 22.0 Å². The van der Waals surface area contributed by atoms with Crippen molar-refractivity contribution >= 4 is 22.3 Å². The number of sulfonamides is 1. The van der Waals surface area contributed by atoms with Gasteiger partial charge < -0.3 is 9.90 Å². The first-order chi connectivity index (χ1) is 7.88. The van der Waals surface area contributed by atoms with Crippen molar-refractivity contribution in [2.24, 2.45) is 0 Å². The molecular formula is C10H11NO5S. The van der Waals surface area contributed by atoms with Crippen molar-refractivity contribution in [1.29, 1.82) is 0 Å². The molecule has 0 fully saturated rings. The van der Waals surface area contributed by atoms with E-state index in [1.165, 1.54) is 31.2 Å². The summed E-state index contributed by atoms with van der Waals surface area (Å²) in [6, 6.07) is 4.27. The van der Waals surface area contributed by atoms with Gasteiger partial charge in [0, 0.05) is 0 Å². The summed E-state index contributed by atoms with van der Waals surface area (Å²) in [6.07, 6.45) is 0.418. The van der Waals surface area contributed by atoms with E-state index in [1.54, 1.807) is 0 Å². The van der Waals surface area contributed by atoms with Crippen LogP contribution in [0, 0.1) is 0 Å². The summed E-state index contributed by atoms with van der Waals surface area (Å²) >= 11 is 0. The molecule has 0 aliphatic rings. The molecule has 0 saturated heterocycles. The fourth-order valence-corrected chi connectivity index (χ4v) is 2.59. The Hall–Kier alpha value is -1.73. The second-order valence-corrected chi connectivity index (χ2v) is 5.03. The number of rotatable bonds is 5. The molecule has 0 bridgehead atoms. The highest BCUT2D eigenvalue weighted by molar-refractivity contribution is 7.89. The van der Waals surface area contributed by atoms with Gasteiger partial charge in [0.25, 0.3) is 0 Å². The first kappa shape index (κ1) is 13.3. The summed E-state index contributed by atoms with van der Waals surface area (Å²) in [5.74, 6) is -1.34. The largest absolute Gasteiger partial charge is 0.478 e. The predicted molar refractivity (Wildman–Crippen MR) is 59.2 cm³/mol. The molecule has 0 amide bonds. The van der Waals surface area contributed by atoms with Crippen molar-refractivity contribution < 1.29 is 23.1 Å². The third-order valence-electron chi connectivity index (χ3n) is 1.95. The number of aromatic carboxylic acids is 1. The molecule has 1 atom stereocenters. The van der Waals surface area contributed by atoms with Gasteiger partial charge in [-0.05, 0) is 19.1 Å². The molecule has 92 valence electrons. The fraction of sp³-hybridized carbons (Fsp3) is 0.200. The van der Waals surface area contributed by atoms with Crippen LogP contribution in [0.15, 0.2) is 29.2 Å². The molecule has 0 saturated carbocycles. The highest BCUT2D eigenvalue weighted by atomic mass is 32.2. The lowest BCUT2D eigenvalue weighted by molar-refractivity contribution is -0.108. The molecule has 7 heteroatoms. The Balaban J connectivity index is 3.24. The number of hydrogen-bond acceptors (Lipinski definition) is 4. The molecule has 17 heavy (non-hydrogen) atoms. The standard InChI is InChI=1S/C10H11NO5S/c1-7(6-12)11-17(15,16)9-5-3-2-4-8(9)10(13)14/h2-7,11H,1H3,(H,13,14). The number of carbonyl (C=O) groups excluding carboxylic acids is 1. The third kappa shape index (κ3) is 3.11. The average molecular weight is 257 g/mol. The number of nitrogens with one attached hydrogen (secondary N) is 1. The Kier molecular flexibility index (Phi) is 3.97. The summed E-state index contributed by atoms with van der Waals surface area (Å²) in [7, 11) is -4.01. The Morgan fingerprint density at radius 1 is 1.41 bits per heavy atom. The van der Waals surface area contributed by atoms with Crippen molar-refractivity contribution in [2.45, 2.75) is 17.9 Å². The Morgan fingerprint density at radius 2 is 2.00 bits per heavy atom. The lowest BCUT2D eigenvalue weighted by Crippen LogP contribution is -2.34. The maximum absolute atomic E-state index is 11.8. The van der Waals surface area contributed by atoms with Crippen LogP contribution < -0.4 is 4.72 Å². The predicted octanol–water partition coefficient (Wildman–Crippen LogP) is 0.250. The molecule has 0 aromatic heterocycles. The molecule has 0 heterocycles. The minimum atomic E-state index is -4.01. The highest BCUT2D eigenvalue weighted by Gasteiger charge is 2.23. The summed E-state index contributed by atoms with van der Waals surface area (Å²) in [5, 5.41) is 8.86. The van der Waals surface area contributed by atoms with Crippen LogP contribution in [-0.4, -0.2) is 31.8 Å². The maximum atomic E-state index is 11.8. The van der Waals surface area contributed by atoms with Crippen molar-refractivity contribution in [3.8, 4) is 0 Å². The summed E-state index contributed by atoms with van der Waals surface area (Å²) in [6.45, 7) is 1.36. The molecule has 0 aliphatic heterocycles. The zero-order valence-corrected chi connectivity index (χ0v) is 9.77. The van der Waals surface area contributed by atoms with Gasteiger partial charge in [0.05, 0.1) is 16.5 Å². The summed E-state index contributed by atoms with van der Waals surface area (Å²) in [4.78, 5) is 20.9. The van der Waals surface area contributed by atoms with Crippen LogP contribution in [0.2, 0.25) is 0 Å². The van der Waals surface area contributed by atoms with Gasteiger partial charge in [0.2, 0.25) is 10.0 Å². The molecule has 6 nitrogen and oxygen atoms in total. The van der Waals surface area contributed by atoms with E-state index in [4.69, 9.17) is 5.11 Å². The highest BCUT2D eigenvalue weighted by Crippen LogP contribution is 2.15. The molecule has 2 N–H and O–H groups in total. The van der Waals surface area contributed by atoms with E-state index in [0.29, 0.717) is 6.29 Å². The molecule has 0 aliphatic carbocycles. The molecular weight excluding hydrogens is 246 g/mol. The van der Waals surface area contributed by atoms with Crippen molar-refractivity contribution in [3.63, 3.8) is 0 Å². The Labute approximate surface area is 98.3 Å². The lowest BCUT2D eigenvalue weighted by Gasteiger charge is -2.10. The zero-order chi connectivity index (χ0) is 13.1. The molecule has 0 spiro atoms. The lowest BCUT2D eigenvalue weighted by atomic mass is 10.2. The number of carbonyl (C=O) groups is 2. The molecule has 0 radical (unpaired) electrons. The van der Waals surface area contributed by atoms with Crippen LogP contribution in [0.3, 0.4) is 0 Å². The second kappa shape index (κ2) is 5.07. The van der Waals surface area contributed by atoms with Crippen molar-refractivity contribution in [3.05, 3.63) is 29.8 Å².